The number of benzene rings is 2. The van der Waals surface area contributed by atoms with Gasteiger partial charge < -0.3 is 4.74 Å². The molecule has 0 aliphatic heterocycles. The first-order valence-electron chi connectivity index (χ1n) is 7.24. The van der Waals surface area contributed by atoms with Crippen molar-refractivity contribution in [2.24, 2.45) is 0 Å². The van der Waals surface area contributed by atoms with E-state index in [-0.39, 0.29) is 17.1 Å². The molecule has 0 aromatic heterocycles. The topological polar surface area (TPSA) is 26.3 Å². The summed E-state index contributed by atoms with van der Waals surface area (Å²) in [6, 6.07) is 10.4. The lowest BCUT2D eigenvalue weighted by molar-refractivity contribution is 0.101. The van der Waals surface area contributed by atoms with E-state index in [9.17, 15) is 9.18 Å². The molecule has 0 bridgehead atoms. The minimum absolute atomic E-state index is 0.00946. The maximum absolute atomic E-state index is 13.8. The van der Waals surface area contributed by atoms with Gasteiger partial charge in [-0.1, -0.05) is 12.1 Å². The number of carbonyl (C=O) groups is 1. The summed E-state index contributed by atoms with van der Waals surface area (Å²) in [6.45, 7) is 1.35. The zero-order valence-electron chi connectivity index (χ0n) is 12.0. The van der Waals surface area contributed by atoms with Crippen LogP contribution < -0.4 is 4.74 Å². The Morgan fingerprint density at radius 3 is 2.62 bits per heavy atom. The Hall–Kier alpha value is -2.16. The Labute approximate surface area is 123 Å². The van der Waals surface area contributed by atoms with Gasteiger partial charge in [0.05, 0.1) is 5.56 Å². The molecular formula is C18H17FO2. The summed E-state index contributed by atoms with van der Waals surface area (Å²) in [5, 5.41) is 0. The fourth-order valence-electron chi connectivity index (χ4n) is 2.83. The number of hydrogen-bond acceptors (Lipinski definition) is 2. The lowest BCUT2D eigenvalue weighted by Gasteiger charge is -2.17. The second kappa shape index (κ2) is 5.68. The average Bonchev–Trinajstić information content (AvgIpc) is 2.47. The molecule has 108 valence electrons. The van der Waals surface area contributed by atoms with Gasteiger partial charge in [0.2, 0.25) is 0 Å². The van der Waals surface area contributed by atoms with Crippen molar-refractivity contribution in [1.82, 2.24) is 0 Å². The third-order valence-corrected chi connectivity index (χ3v) is 3.88. The molecule has 2 nitrogen and oxygen atoms in total. The van der Waals surface area contributed by atoms with Gasteiger partial charge in [-0.2, -0.15) is 0 Å². The molecule has 0 atom stereocenters. The van der Waals surface area contributed by atoms with Crippen molar-refractivity contribution in [2.75, 3.05) is 0 Å². The molecule has 2 aromatic rings. The van der Waals surface area contributed by atoms with Crippen LogP contribution in [0.2, 0.25) is 0 Å². The van der Waals surface area contributed by atoms with E-state index >= 15 is 0 Å². The molecule has 0 saturated carbocycles. The zero-order chi connectivity index (χ0) is 14.8. The molecule has 0 spiro atoms. The van der Waals surface area contributed by atoms with Crippen LogP contribution in [0, 0.1) is 5.82 Å². The van der Waals surface area contributed by atoms with E-state index in [1.54, 1.807) is 12.1 Å². The van der Waals surface area contributed by atoms with Crippen molar-refractivity contribution >= 4 is 5.78 Å². The fraction of sp³-hybridized carbons (Fsp3) is 0.278. The van der Waals surface area contributed by atoms with Crippen molar-refractivity contribution in [3.05, 3.63) is 58.9 Å². The highest BCUT2D eigenvalue weighted by Gasteiger charge is 2.16. The van der Waals surface area contributed by atoms with E-state index in [4.69, 9.17) is 4.74 Å². The Bertz CT molecular complexity index is 692. The Balaban J connectivity index is 1.94. The van der Waals surface area contributed by atoms with E-state index in [1.807, 2.05) is 12.1 Å². The third-order valence-electron chi connectivity index (χ3n) is 3.88. The van der Waals surface area contributed by atoms with Gasteiger partial charge in [-0.05, 0) is 68.0 Å². The predicted molar refractivity (Wildman–Crippen MR) is 79.6 cm³/mol. The molecule has 1 aliphatic rings. The van der Waals surface area contributed by atoms with Gasteiger partial charge in [0.1, 0.15) is 17.3 Å². The molecule has 1 aliphatic carbocycles. The van der Waals surface area contributed by atoms with E-state index < -0.39 is 5.82 Å². The first-order chi connectivity index (χ1) is 10.1. The molecule has 0 unspecified atom stereocenters. The van der Waals surface area contributed by atoms with Gasteiger partial charge in [0, 0.05) is 0 Å². The summed E-state index contributed by atoms with van der Waals surface area (Å²) in [7, 11) is 0. The van der Waals surface area contributed by atoms with E-state index in [0.29, 0.717) is 5.75 Å². The van der Waals surface area contributed by atoms with Crippen molar-refractivity contribution in [1.29, 1.82) is 0 Å². The zero-order valence-corrected chi connectivity index (χ0v) is 12.0. The number of Topliss-reactive ketones (excluding diaryl/α,β-unsaturated/α-hetero) is 1. The molecule has 21 heavy (non-hydrogen) atoms. The Kier molecular flexibility index (Phi) is 3.74. The molecular weight excluding hydrogens is 267 g/mol. The second-order valence-corrected chi connectivity index (χ2v) is 5.41. The SMILES string of the molecule is CC(=O)c1c(F)cccc1Oc1ccc2c(c1)CCCC2. The van der Waals surface area contributed by atoms with Crippen LogP contribution in [0.25, 0.3) is 0 Å². The largest absolute Gasteiger partial charge is 0.456 e. The summed E-state index contributed by atoms with van der Waals surface area (Å²) in [6.07, 6.45) is 4.57. The molecule has 3 heteroatoms. The lowest BCUT2D eigenvalue weighted by atomic mass is 9.92. The summed E-state index contributed by atoms with van der Waals surface area (Å²) in [5.74, 6) is 0.0565. The quantitative estimate of drug-likeness (QED) is 0.764. The first-order valence-corrected chi connectivity index (χ1v) is 7.24. The van der Waals surface area contributed by atoms with Gasteiger partial charge in [-0.3, -0.25) is 4.79 Å². The van der Waals surface area contributed by atoms with Gasteiger partial charge in [0.25, 0.3) is 0 Å². The molecule has 0 amide bonds. The van der Waals surface area contributed by atoms with Crippen LogP contribution in [0.4, 0.5) is 4.39 Å². The number of ether oxygens (including phenoxy) is 1. The molecule has 0 fully saturated rings. The van der Waals surface area contributed by atoms with Crippen LogP contribution in [-0.4, -0.2) is 5.78 Å². The summed E-state index contributed by atoms with van der Waals surface area (Å²) >= 11 is 0. The van der Waals surface area contributed by atoms with Crippen LogP contribution in [0.15, 0.2) is 36.4 Å². The van der Waals surface area contributed by atoms with Crippen LogP contribution in [0.5, 0.6) is 11.5 Å². The second-order valence-electron chi connectivity index (χ2n) is 5.41. The summed E-state index contributed by atoms with van der Waals surface area (Å²) < 4.78 is 19.5. The van der Waals surface area contributed by atoms with Gasteiger partial charge in [-0.25, -0.2) is 4.39 Å². The highest BCUT2D eigenvalue weighted by atomic mass is 19.1. The van der Waals surface area contributed by atoms with Crippen molar-refractivity contribution in [2.45, 2.75) is 32.6 Å². The summed E-state index contributed by atoms with van der Waals surface area (Å²) in [5.41, 5.74) is 2.66. The predicted octanol–water partition coefficient (Wildman–Crippen LogP) is 4.70. The normalized spacial score (nSPS) is 13.6. The number of ketones is 1. The highest BCUT2D eigenvalue weighted by Crippen LogP contribution is 2.31. The fourth-order valence-corrected chi connectivity index (χ4v) is 2.83. The number of hydrogen-bond donors (Lipinski definition) is 0. The highest BCUT2D eigenvalue weighted by molar-refractivity contribution is 5.97. The van der Waals surface area contributed by atoms with Gasteiger partial charge in [0.15, 0.2) is 5.78 Å². The van der Waals surface area contributed by atoms with E-state index in [0.717, 1.165) is 12.8 Å². The molecule has 2 aromatic carbocycles. The average molecular weight is 284 g/mol. The van der Waals surface area contributed by atoms with Gasteiger partial charge >= 0.3 is 0 Å². The third kappa shape index (κ3) is 2.82. The molecule has 0 heterocycles. The van der Waals surface area contributed by atoms with E-state index in [2.05, 4.69) is 6.07 Å². The minimum Gasteiger partial charge on any atom is -0.456 e. The van der Waals surface area contributed by atoms with Crippen LogP contribution >= 0.6 is 0 Å². The molecule has 0 N–H and O–H groups in total. The molecule has 3 rings (SSSR count). The smallest absolute Gasteiger partial charge is 0.166 e. The monoisotopic (exact) mass is 284 g/mol. The Morgan fingerprint density at radius 1 is 1.10 bits per heavy atom. The number of aryl methyl sites for hydroxylation is 2. The van der Waals surface area contributed by atoms with E-state index in [1.165, 1.54) is 37.0 Å². The van der Waals surface area contributed by atoms with Crippen LogP contribution in [0.3, 0.4) is 0 Å². The minimum atomic E-state index is -0.544. The standard InChI is InChI=1S/C18H17FO2/c1-12(20)18-16(19)7-4-8-17(18)21-15-10-9-13-5-2-3-6-14(13)11-15/h4,7-11H,2-3,5-6H2,1H3. The lowest BCUT2D eigenvalue weighted by Crippen LogP contribution is -2.04. The Morgan fingerprint density at radius 2 is 1.86 bits per heavy atom. The molecule has 0 radical (unpaired) electrons. The van der Waals surface area contributed by atoms with Gasteiger partial charge in [-0.15, -0.1) is 0 Å². The van der Waals surface area contributed by atoms with Crippen LogP contribution in [-0.2, 0) is 12.8 Å². The number of rotatable bonds is 3. The maximum atomic E-state index is 13.8. The van der Waals surface area contributed by atoms with Crippen molar-refractivity contribution in [3.63, 3.8) is 0 Å². The van der Waals surface area contributed by atoms with Crippen LogP contribution in [0.1, 0.15) is 41.3 Å². The maximum Gasteiger partial charge on any atom is 0.166 e. The molecule has 0 saturated heterocycles. The number of carbonyl (C=O) groups excluding carboxylic acids is 1. The number of halogens is 1. The van der Waals surface area contributed by atoms with Crippen molar-refractivity contribution in [3.8, 4) is 11.5 Å². The van der Waals surface area contributed by atoms with Crippen molar-refractivity contribution < 1.29 is 13.9 Å². The number of fused-ring (bicyclic) bond motifs is 1. The first kappa shape index (κ1) is 13.8. The summed E-state index contributed by atoms with van der Waals surface area (Å²) in [4.78, 5) is 11.6.